The van der Waals surface area contributed by atoms with E-state index in [2.05, 4.69) is 10.2 Å². The Morgan fingerprint density at radius 3 is 2.47 bits per heavy atom. The third-order valence-corrected chi connectivity index (χ3v) is 3.23. The summed E-state index contributed by atoms with van der Waals surface area (Å²) in [4.78, 5) is 10.7. The van der Waals surface area contributed by atoms with E-state index in [4.69, 9.17) is 10.9 Å². The van der Waals surface area contributed by atoms with E-state index in [1.54, 1.807) is 0 Å². The maximum absolute atomic E-state index is 11.3. The average molecular weight is 230 g/mol. The van der Waals surface area contributed by atoms with Crippen LogP contribution < -0.4 is 10.9 Å². The molecule has 0 aromatic carbocycles. The lowest BCUT2D eigenvalue weighted by atomic mass is 10.2. The van der Waals surface area contributed by atoms with Gasteiger partial charge in [-0.2, -0.15) is 5.10 Å². The molecule has 7 nitrogen and oxygen atoms in total. The molecule has 1 aromatic heterocycles. The monoisotopic (exact) mass is 230 g/mol. The summed E-state index contributed by atoms with van der Waals surface area (Å²) >= 11 is 0. The maximum atomic E-state index is 11.3. The van der Waals surface area contributed by atoms with Crippen molar-refractivity contribution in [2.75, 3.05) is 0 Å². The molecule has 0 unspecified atom stereocenters. The van der Waals surface area contributed by atoms with Crippen LogP contribution >= 0.6 is 0 Å². The first kappa shape index (κ1) is 10.1. The maximum Gasteiger partial charge on any atom is 0.270 e. The number of carbonyl (C=O) groups excluding carboxylic acids is 1. The Morgan fingerprint density at radius 2 is 2.07 bits per heavy atom. The van der Waals surface area contributed by atoms with Gasteiger partial charge in [-0.15, -0.1) is 0 Å². The van der Waals surface area contributed by atoms with Crippen molar-refractivity contribution in [3.63, 3.8) is 0 Å². The van der Waals surface area contributed by atoms with E-state index in [1.807, 2.05) is 0 Å². The highest BCUT2D eigenvalue weighted by atomic mass is 32.2. The lowest BCUT2D eigenvalue weighted by molar-refractivity contribution is 0.0992. The molecule has 0 bridgehead atoms. The Kier molecular flexibility index (Phi) is 2.05. The van der Waals surface area contributed by atoms with Gasteiger partial charge in [-0.1, -0.05) is 0 Å². The van der Waals surface area contributed by atoms with E-state index in [9.17, 15) is 13.2 Å². The van der Waals surface area contributed by atoms with E-state index < -0.39 is 15.9 Å². The zero-order valence-corrected chi connectivity index (χ0v) is 8.54. The molecule has 5 N–H and O–H groups in total. The molecule has 1 amide bonds. The Hall–Kier alpha value is -1.41. The molecule has 0 spiro atoms. The molecule has 0 aliphatic heterocycles. The van der Waals surface area contributed by atoms with Crippen molar-refractivity contribution in [2.45, 2.75) is 23.7 Å². The number of primary amides is 1. The number of nitrogens with one attached hydrogen (secondary N) is 1. The fourth-order valence-corrected chi connectivity index (χ4v) is 2.38. The standard InChI is InChI=1S/C7H10N4O3S/c8-7(12)5-6(15(9,13)14)4(10-11-5)3-1-2-3/h3H,1-2H2,(H2,8,12)(H,10,11)(H2,9,13,14). The number of amides is 1. The van der Waals surface area contributed by atoms with Gasteiger partial charge in [-0.3, -0.25) is 9.89 Å². The van der Waals surface area contributed by atoms with Crippen LogP contribution in [0.15, 0.2) is 4.90 Å². The summed E-state index contributed by atoms with van der Waals surface area (Å²) < 4.78 is 22.6. The Morgan fingerprint density at radius 1 is 1.47 bits per heavy atom. The number of aromatic nitrogens is 2. The number of nitrogens with zero attached hydrogens (tertiary/aromatic N) is 1. The minimum atomic E-state index is -3.97. The quantitative estimate of drug-likeness (QED) is 0.616. The van der Waals surface area contributed by atoms with Gasteiger partial charge in [0.25, 0.3) is 5.91 Å². The second-order valence-corrected chi connectivity index (χ2v) is 5.00. The molecule has 1 aliphatic carbocycles. The predicted molar refractivity (Wildman–Crippen MR) is 50.5 cm³/mol. The van der Waals surface area contributed by atoms with Crippen molar-refractivity contribution < 1.29 is 13.2 Å². The molecule has 0 saturated heterocycles. The molecule has 1 saturated carbocycles. The van der Waals surface area contributed by atoms with Crippen molar-refractivity contribution in [1.82, 2.24) is 10.2 Å². The molecule has 0 atom stereocenters. The van der Waals surface area contributed by atoms with Gasteiger partial charge in [0.05, 0.1) is 5.69 Å². The number of hydrogen-bond donors (Lipinski definition) is 3. The fourth-order valence-electron chi connectivity index (χ4n) is 1.45. The van der Waals surface area contributed by atoms with Crippen molar-refractivity contribution in [3.05, 3.63) is 11.4 Å². The Balaban J connectivity index is 2.64. The van der Waals surface area contributed by atoms with Crippen LogP contribution in [0.2, 0.25) is 0 Å². The van der Waals surface area contributed by atoms with E-state index >= 15 is 0 Å². The highest BCUT2D eigenvalue weighted by Crippen LogP contribution is 2.42. The number of aromatic amines is 1. The number of rotatable bonds is 3. The van der Waals surface area contributed by atoms with Crippen molar-refractivity contribution in [3.8, 4) is 0 Å². The molecule has 1 fully saturated rings. The summed E-state index contributed by atoms with van der Waals surface area (Å²) in [5, 5.41) is 11.1. The number of carbonyl (C=O) groups is 1. The topological polar surface area (TPSA) is 132 Å². The first-order valence-electron chi connectivity index (χ1n) is 4.32. The minimum Gasteiger partial charge on any atom is -0.364 e. The number of primary sulfonamides is 1. The Labute approximate surface area is 85.9 Å². The van der Waals surface area contributed by atoms with Gasteiger partial charge in [0.2, 0.25) is 10.0 Å². The highest BCUT2D eigenvalue weighted by molar-refractivity contribution is 7.89. The highest BCUT2D eigenvalue weighted by Gasteiger charge is 2.35. The summed E-state index contributed by atoms with van der Waals surface area (Å²) in [6, 6.07) is 0. The van der Waals surface area contributed by atoms with Crippen LogP contribution in [0.25, 0.3) is 0 Å². The minimum absolute atomic E-state index is 0.0962. The summed E-state index contributed by atoms with van der Waals surface area (Å²) in [6.07, 6.45) is 1.73. The molecule has 0 radical (unpaired) electrons. The van der Waals surface area contributed by atoms with E-state index in [0.717, 1.165) is 12.8 Å². The van der Waals surface area contributed by atoms with Gasteiger partial charge < -0.3 is 5.73 Å². The first-order valence-corrected chi connectivity index (χ1v) is 5.86. The third-order valence-electron chi connectivity index (χ3n) is 2.25. The molecular formula is C7H10N4O3S. The normalized spacial score (nSPS) is 16.6. The molecule has 15 heavy (non-hydrogen) atoms. The number of hydrogen-bond acceptors (Lipinski definition) is 4. The number of nitrogens with two attached hydrogens (primary N) is 2. The zero-order chi connectivity index (χ0) is 11.2. The van der Waals surface area contributed by atoms with Crippen LogP contribution in [0, 0.1) is 0 Å². The van der Waals surface area contributed by atoms with Gasteiger partial charge in [-0.05, 0) is 12.8 Å². The average Bonchev–Trinajstić information content (AvgIpc) is 2.81. The van der Waals surface area contributed by atoms with Crippen LogP contribution in [0.3, 0.4) is 0 Å². The molecule has 1 heterocycles. The third kappa shape index (κ3) is 1.73. The van der Waals surface area contributed by atoms with Gasteiger partial charge in [0.1, 0.15) is 4.90 Å². The molecule has 2 rings (SSSR count). The summed E-state index contributed by atoms with van der Waals surface area (Å²) in [5.41, 5.74) is 5.09. The summed E-state index contributed by atoms with van der Waals surface area (Å²) in [6.45, 7) is 0. The first-order chi connectivity index (χ1) is 6.91. The molecule has 82 valence electrons. The molecular weight excluding hydrogens is 220 g/mol. The van der Waals surface area contributed by atoms with Crippen LogP contribution in [-0.4, -0.2) is 24.5 Å². The van der Waals surface area contributed by atoms with E-state index in [-0.39, 0.29) is 16.5 Å². The van der Waals surface area contributed by atoms with Crippen LogP contribution in [0.4, 0.5) is 0 Å². The number of sulfonamides is 1. The molecule has 8 heteroatoms. The number of H-pyrrole nitrogens is 1. The van der Waals surface area contributed by atoms with Crippen molar-refractivity contribution in [1.29, 1.82) is 0 Å². The van der Waals surface area contributed by atoms with Gasteiger partial charge in [-0.25, -0.2) is 13.6 Å². The van der Waals surface area contributed by atoms with Gasteiger partial charge in [0.15, 0.2) is 5.69 Å². The second kappa shape index (κ2) is 3.04. The van der Waals surface area contributed by atoms with Crippen molar-refractivity contribution in [2.24, 2.45) is 10.9 Å². The zero-order valence-electron chi connectivity index (χ0n) is 7.73. The lowest BCUT2D eigenvalue weighted by Crippen LogP contribution is -2.20. The fraction of sp³-hybridized carbons (Fsp3) is 0.429. The SMILES string of the molecule is NC(=O)c1n[nH]c(C2CC2)c1S(N)(=O)=O. The second-order valence-electron chi connectivity index (χ2n) is 3.50. The molecule has 1 aromatic rings. The predicted octanol–water partition coefficient (Wildman–Crippen LogP) is -0.967. The summed E-state index contributed by atoms with van der Waals surface area (Å²) in [7, 11) is -3.97. The molecule has 1 aliphatic rings. The van der Waals surface area contributed by atoms with Crippen LogP contribution in [0.1, 0.15) is 34.9 Å². The lowest BCUT2D eigenvalue weighted by Gasteiger charge is -1.99. The van der Waals surface area contributed by atoms with Gasteiger partial charge >= 0.3 is 0 Å². The van der Waals surface area contributed by atoms with Gasteiger partial charge in [0, 0.05) is 5.92 Å². The van der Waals surface area contributed by atoms with Crippen LogP contribution in [0.5, 0.6) is 0 Å². The summed E-state index contributed by atoms with van der Waals surface area (Å²) in [5.74, 6) is -0.805. The van der Waals surface area contributed by atoms with E-state index in [0.29, 0.717) is 5.69 Å². The van der Waals surface area contributed by atoms with Crippen LogP contribution in [-0.2, 0) is 10.0 Å². The Bertz CT molecular complexity index is 514. The smallest absolute Gasteiger partial charge is 0.270 e. The van der Waals surface area contributed by atoms with E-state index in [1.165, 1.54) is 0 Å². The largest absolute Gasteiger partial charge is 0.364 e. The van der Waals surface area contributed by atoms with Crippen molar-refractivity contribution >= 4 is 15.9 Å².